The van der Waals surface area contributed by atoms with E-state index in [-0.39, 0.29) is 12.0 Å². The Kier molecular flexibility index (Phi) is 3.83. The molecule has 2 heterocycles. The number of likely N-dealkylation sites (N-methyl/N-ethyl adjacent to an activating group) is 1. The molecule has 2 N–H and O–H groups in total. The number of imidazole rings is 1. The monoisotopic (exact) mass is 257 g/mol. The zero-order valence-electron chi connectivity index (χ0n) is 10.0. The molecule has 96 valence electrons. The number of aromatic amines is 1. The quantitative estimate of drug-likeness (QED) is 0.799. The standard InChI is InChI=1S/C11H19N3O2S/c1-2-12-10(7-11-13-4-5-14-11)9-3-6-17(15,16)8-9/h4-5,9-10,12H,2-3,6-8H2,1H3,(H,13,14). The Morgan fingerprint density at radius 2 is 2.47 bits per heavy atom. The fourth-order valence-electron chi connectivity index (χ4n) is 2.43. The summed E-state index contributed by atoms with van der Waals surface area (Å²) in [5, 5.41) is 3.38. The van der Waals surface area contributed by atoms with Gasteiger partial charge in [-0.3, -0.25) is 0 Å². The predicted octanol–water partition coefficient (Wildman–Crippen LogP) is 0.365. The number of hydrogen-bond acceptors (Lipinski definition) is 4. The lowest BCUT2D eigenvalue weighted by Gasteiger charge is -2.22. The summed E-state index contributed by atoms with van der Waals surface area (Å²) in [6, 6.07) is 0.198. The molecule has 1 saturated heterocycles. The van der Waals surface area contributed by atoms with Gasteiger partial charge in [0.25, 0.3) is 0 Å². The van der Waals surface area contributed by atoms with E-state index in [9.17, 15) is 8.42 Å². The minimum Gasteiger partial charge on any atom is -0.349 e. The van der Waals surface area contributed by atoms with E-state index in [1.165, 1.54) is 0 Å². The highest BCUT2D eigenvalue weighted by Gasteiger charge is 2.33. The minimum absolute atomic E-state index is 0.198. The number of rotatable bonds is 5. The first-order valence-electron chi connectivity index (χ1n) is 6.03. The average Bonchev–Trinajstić information content (AvgIpc) is 2.87. The van der Waals surface area contributed by atoms with Gasteiger partial charge in [-0.1, -0.05) is 6.92 Å². The predicted molar refractivity (Wildman–Crippen MR) is 66.5 cm³/mol. The van der Waals surface area contributed by atoms with Crippen molar-refractivity contribution in [1.29, 1.82) is 0 Å². The Bertz CT molecular complexity index is 441. The summed E-state index contributed by atoms with van der Waals surface area (Å²) < 4.78 is 23.0. The molecule has 0 spiro atoms. The molecule has 0 amide bonds. The molecule has 1 aliphatic heterocycles. The first kappa shape index (κ1) is 12.6. The molecule has 6 heteroatoms. The maximum atomic E-state index is 11.5. The summed E-state index contributed by atoms with van der Waals surface area (Å²) in [4.78, 5) is 7.27. The van der Waals surface area contributed by atoms with Crippen LogP contribution >= 0.6 is 0 Å². The number of sulfone groups is 1. The molecule has 5 nitrogen and oxygen atoms in total. The minimum atomic E-state index is -2.81. The lowest BCUT2D eigenvalue weighted by molar-refractivity contribution is 0.381. The Morgan fingerprint density at radius 3 is 3.00 bits per heavy atom. The van der Waals surface area contributed by atoms with Crippen LogP contribution in [0.2, 0.25) is 0 Å². The van der Waals surface area contributed by atoms with Crippen molar-refractivity contribution in [3.63, 3.8) is 0 Å². The Balaban J connectivity index is 2.02. The van der Waals surface area contributed by atoms with Crippen LogP contribution in [0.25, 0.3) is 0 Å². The highest BCUT2D eigenvalue weighted by molar-refractivity contribution is 7.91. The first-order valence-corrected chi connectivity index (χ1v) is 7.85. The third kappa shape index (κ3) is 3.29. The summed E-state index contributed by atoms with van der Waals surface area (Å²) in [5.41, 5.74) is 0. The van der Waals surface area contributed by atoms with Crippen molar-refractivity contribution in [1.82, 2.24) is 15.3 Å². The average molecular weight is 257 g/mol. The second kappa shape index (κ2) is 5.18. The number of aromatic nitrogens is 2. The van der Waals surface area contributed by atoms with Crippen LogP contribution in [-0.4, -0.2) is 42.5 Å². The van der Waals surface area contributed by atoms with Gasteiger partial charge in [0.1, 0.15) is 5.82 Å². The fourth-order valence-corrected chi connectivity index (χ4v) is 4.31. The van der Waals surface area contributed by atoms with Crippen molar-refractivity contribution in [2.75, 3.05) is 18.1 Å². The molecule has 0 bridgehead atoms. The van der Waals surface area contributed by atoms with Crippen molar-refractivity contribution in [2.45, 2.75) is 25.8 Å². The summed E-state index contributed by atoms with van der Waals surface area (Å²) in [6.45, 7) is 2.89. The van der Waals surface area contributed by atoms with E-state index in [1.807, 2.05) is 6.92 Å². The van der Waals surface area contributed by atoms with Crippen LogP contribution in [0.15, 0.2) is 12.4 Å². The summed E-state index contributed by atoms with van der Waals surface area (Å²) in [7, 11) is -2.81. The Labute approximate surface area is 102 Å². The van der Waals surface area contributed by atoms with E-state index in [1.54, 1.807) is 12.4 Å². The van der Waals surface area contributed by atoms with Crippen molar-refractivity contribution >= 4 is 9.84 Å². The van der Waals surface area contributed by atoms with Gasteiger partial charge in [0.15, 0.2) is 9.84 Å². The topological polar surface area (TPSA) is 74.8 Å². The highest BCUT2D eigenvalue weighted by Crippen LogP contribution is 2.23. The van der Waals surface area contributed by atoms with Crippen LogP contribution in [0.5, 0.6) is 0 Å². The molecule has 2 rings (SSSR count). The Morgan fingerprint density at radius 1 is 1.65 bits per heavy atom. The van der Waals surface area contributed by atoms with Gasteiger partial charge >= 0.3 is 0 Å². The number of H-pyrrole nitrogens is 1. The van der Waals surface area contributed by atoms with Crippen LogP contribution in [0.4, 0.5) is 0 Å². The Hall–Kier alpha value is -0.880. The van der Waals surface area contributed by atoms with Gasteiger partial charge in [0.05, 0.1) is 11.5 Å². The molecular formula is C11H19N3O2S. The summed E-state index contributed by atoms with van der Waals surface area (Å²) in [6.07, 6.45) is 5.05. The van der Waals surface area contributed by atoms with Gasteiger partial charge in [-0.05, 0) is 18.9 Å². The van der Waals surface area contributed by atoms with E-state index >= 15 is 0 Å². The molecule has 2 unspecified atom stereocenters. The molecule has 1 fully saturated rings. The molecule has 0 saturated carbocycles. The molecule has 0 aliphatic carbocycles. The lowest BCUT2D eigenvalue weighted by Crippen LogP contribution is -2.38. The highest BCUT2D eigenvalue weighted by atomic mass is 32.2. The van der Waals surface area contributed by atoms with E-state index in [0.29, 0.717) is 11.5 Å². The summed E-state index contributed by atoms with van der Waals surface area (Å²) >= 11 is 0. The van der Waals surface area contributed by atoms with E-state index in [2.05, 4.69) is 15.3 Å². The maximum Gasteiger partial charge on any atom is 0.150 e. The molecule has 0 radical (unpaired) electrons. The molecular weight excluding hydrogens is 238 g/mol. The van der Waals surface area contributed by atoms with Gasteiger partial charge < -0.3 is 10.3 Å². The van der Waals surface area contributed by atoms with Crippen molar-refractivity contribution < 1.29 is 8.42 Å². The van der Waals surface area contributed by atoms with Gasteiger partial charge in [-0.2, -0.15) is 0 Å². The molecule has 0 aromatic carbocycles. The van der Waals surface area contributed by atoms with Crippen LogP contribution in [0, 0.1) is 5.92 Å². The zero-order chi connectivity index (χ0) is 12.3. The van der Waals surface area contributed by atoms with Crippen molar-refractivity contribution in [3.8, 4) is 0 Å². The zero-order valence-corrected chi connectivity index (χ0v) is 10.8. The molecule has 1 aromatic rings. The lowest BCUT2D eigenvalue weighted by atomic mass is 9.96. The second-order valence-electron chi connectivity index (χ2n) is 4.57. The molecule has 1 aromatic heterocycles. The van der Waals surface area contributed by atoms with Gasteiger partial charge in [-0.15, -0.1) is 0 Å². The molecule has 17 heavy (non-hydrogen) atoms. The van der Waals surface area contributed by atoms with Crippen LogP contribution in [0.1, 0.15) is 19.2 Å². The van der Waals surface area contributed by atoms with Crippen molar-refractivity contribution in [2.24, 2.45) is 5.92 Å². The van der Waals surface area contributed by atoms with E-state index in [4.69, 9.17) is 0 Å². The smallest absolute Gasteiger partial charge is 0.150 e. The second-order valence-corrected chi connectivity index (χ2v) is 6.80. The maximum absolute atomic E-state index is 11.5. The third-order valence-electron chi connectivity index (χ3n) is 3.27. The molecule has 2 atom stereocenters. The normalized spacial score (nSPS) is 24.9. The van der Waals surface area contributed by atoms with Crippen LogP contribution in [-0.2, 0) is 16.3 Å². The van der Waals surface area contributed by atoms with Gasteiger partial charge in [0.2, 0.25) is 0 Å². The third-order valence-corrected chi connectivity index (χ3v) is 5.06. The SMILES string of the molecule is CCNC(Cc1ncc[nH]1)C1CCS(=O)(=O)C1. The van der Waals surface area contributed by atoms with Crippen LogP contribution < -0.4 is 5.32 Å². The van der Waals surface area contributed by atoms with E-state index in [0.717, 1.165) is 25.2 Å². The summed E-state index contributed by atoms with van der Waals surface area (Å²) in [5.74, 6) is 1.77. The molecule has 1 aliphatic rings. The number of nitrogens with zero attached hydrogens (tertiary/aromatic N) is 1. The fraction of sp³-hybridized carbons (Fsp3) is 0.727. The van der Waals surface area contributed by atoms with E-state index < -0.39 is 9.84 Å². The van der Waals surface area contributed by atoms with Gasteiger partial charge in [0, 0.05) is 24.9 Å². The van der Waals surface area contributed by atoms with Gasteiger partial charge in [-0.25, -0.2) is 13.4 Å². The number of hydrogen-bond donors (Lipinski definition) is 2. The van der Waals surface area contributed by atoms with Crippen molar-refractivity contribution in [3.05, 3.63) is 18.2 Å². The largest absolute Gasteiger partial charge is 0.349 e. The first-order chi connectivity index (χ1) is 8.11. The number of nitrogens with one attached hydrogen (secondary N) is 2. The van der Waals surface area contributed by atoms with Crippen LogP contribution in [0.3, 0.4) is 0 Å².